The van der Waals surface area contributed by atoms with Crippen LogP contribution in [-0.2, 0) is 9.47 Å². The van der Waals surface area contributed by atoms with E-state index in [1.807, 2.05) is 6.07 Å². The molecule has 0 saturated carbocycles. The number of allylic oxidation sites excluding steroid dienone is 1. The first-order valence-electron chi connectivity index (χ1n) is 14.6. The predicted octanol–water partition coefficient (Wildman–Crippen LogP) is 9.09. The lowest BCUT2D eigenvalue weighted by Crippen LogP contribution is -2.23. The van der Waals surface area contributed by atoms with Gasteiger partial charge in [0, 0.05) is 18.1 Å². The highest BCUT2D eigenvalue weighted by molar-refractivity contribution is 8.00. The quantitative estimate of drug-likeness (QED) is 0.103. The van der Waals surface area contributed by atoms with E-state index in [2.05, 4.69) is 43.3 Å². The first-order chi connectivity index (χ1) is 17.3. The van der Waals surface area contributed by atoms with Crippen LogP contribution in [0.5, 0.6) is 0 Å². The molecular weight excluding hydrogens is 452 g/mol. The Morgan fingerprint density at radius 3 is 2.34 bits per heavy atom. The summed E-state index contributed by atoms with van der Waals surface area (Å²) in [5.41, 5.74) is 0. The summed E-state index contributed by atoms with van der Waals surface area (Å²) in [4.78, 5) is 1.22. The first-order valence-corrected chi connectivity index (χ1v) is 15.5. The van der Waals surface area contributed by atoms with Gasteiger partial charge in [0.25, 0.3) is 0 Å². The second-order valence-corrected chi connectivity index (χ2v) is 11.3. The van der Waals surface area contributed by atoms with Crippen molar-refractivity contribution in [3.05, 3.63) is 42.5 Å². The standard InChI is InChI=1S/C31H52O3S/c1-2-3-4-5-6-7-8-9-10-11-12-16-24-30(35-28-21-14-13-15-22-28)29(32)23-17-19-26-33-31-25-18-20-27-34-31/h13-16,21-22,24,29-32H,2-12,17-20,23,25-27H2,1H3/t29-,30+,31?/m0/s1. The van der Waals surface area contributed by atoms with E-state index in [1.54, 1.807) is 11.8 Å². The molecule has 1 aliphatic heterocycles. The third-order valence-electron chi connectivity index (χ3n) is 6.78. The van der Waals surface area contributed by atoms with E-state index in [1.165, 1.54) is 75.5 Å². The van der Waals surface area contributed by atoms with Crippen LogP contribution in [0.4, 0.5) is 0 Å². The highest BCUT2D eigenvalue weighted by atomic mass is 32.2. The zero-order valence-electron chi connectivity index (χ0n) is 22.4. The Bertz CT molecular complexity index is 615. The summed E-state index contributed by atoms with van der Waals surface area (Å²) in [6, 6.07) is 10.5. The molecule has 1 aromatic rings. The van der Waals surface area contributed by atoms with Crippen LogP contribution in [0.3, 0.4) is 0 Å². The lowest BCUT2D eigenvalue weighted by molar-refractivity contribution is -0.162. The van der Waals surface area contributed by atoms with Crippen LogP contribution in [0.25, 0.3) is 0 Å². The Labute approximate surface area is 220 Å². The SMILES string of the molecule is CCCCCCCCCCCCC=C[C@@H](Sc1ccccc1)[C@@H](O)CCCCOC1CCCCO1. The summed E-state index contributed by atoms with van der Waals surface area (Å²) in [5, 5.41) is 11.1. The van der Waals surface area contributed by atoms with Crippen LogP contribution in [-0.4, -0.2) is 36.0 Å². The van der Waals surface area contributed by atoms with E-state index < -0.39 is 0 Å². The van der Waals surface area contributed by atoms with Gasteiger partial charge in [-0.3, -0.25) is 0 Å². The topological polar surface area (TPSA) is 38.7 Å². The normalized spacial score (nSPS) is 18.2. The van der Waals surface area contributed by atoms with Gasteiger partial charge in [-0.1, -0.05) is 95.1 Å². The third-order valence-corrected chi connectivity index (χ3v) is 8.07. The fraction of sp³-hybridized carbons (Fsp3) is 0.742. The van der Waals surface area contributed by atoms with Crippen LogP contribution in [0.2, 0.25) is 0 Å². The van der Waals surface area contributed by atoms with Gasteiger partial charge in [0.1, 0.15) is 0 Å². The van der Waals surface area contributed by atoms with Crippen LogP contribution < -0.4 is 0 Å². The van der Waals surface area contributed by atoms with Crippen molar-refractivity contribution in [2.45, 2.75) is 139 Å². The van der Waals surface area contributed by atoms with Gasteiger partial charge in [0.15, 0.2) is 6.29 Å². The van der Waals surface area contributed by atoms with Crippen LogP contribution >= 0.6 is 11.8 Å². The van der Waals surface area contributed by atoms with Crippen molar-refractivity contribution in [3.63, 3.8) is 0 Å². The maximum Gasteiger partial charge on any atom is 0.157 e. The van der Waals surface area contributed by atoms with Gasteiger partial charge in [-0.15, -0.1) is 11.8 Å². The van der Waals surface area contributed by atoms with Crippen LogP contribution in [0.1, 0.15) is 116 Å². The molecule has 35 heavy (non-hydrogen) atoms. The number of aliphatic hydroxyl groups excluding tert-OH is 1. The number of thioether (sulfide) groups is 1. The summed E-state index contributed by atoms with van der Waals surface area (Å²) in [5.74, 6) is 0. The number of rotatable bonds is 21. The minimum absolute atomic E-state index is 0.0104. The summed E-state index contributed by atoms with van der Waals surface area (Å²) >= 11 is 1.78. The van der Waals surface area contributed by atoms with E-state index in [0.29, 0.717) is 0 Å². The van der Waals surface area contributed by atoms with Gasteiger partial charge < -0.3 is 14.6 Å². The minimum atomic E-state index is -0.338. The number of ether oxygens (including phenoxy) is 2. The molecule has 1 aliphatic rings. The highest BCUT2D eigenvalue weighted by Crippen LogP contribution is 2.28. The van der Waals surface area contributed by atoms with Crippen LogP contribution in [0, 0.1) is 0 Å². The summed E-state index contributed by atoms with van der Waals surface area (Å²) in [6.45, 7) is 3.83. The number of hydrogen-bond donors (Lipinski definition) is 1. The van der Waals surface area contributed by atoms with Crippen molar-refractivity contribution < 1.29 is 14.6 Å². The second-order valence-electron chi connectivity index (χ2n) is 10.0. The third kappa shape index (κ3) is 15.8. The lowest BCUT2D eigenvalue weighted by atomic mass is 10.1. The molecule has 0 aromatic heterocycles. The first kappa shape index (κ1) is 30.4. The maximum atomic E-state index is 11.0. The van der Waals surface area contributed by atoms with E-state index in [4.69, 9.17) is 9.47 Å². The molecule has 3 nitrogen and oxygen atoms in total. The molecule has 1 fully saturated rings. The molecule has 1 aromatic carbocycles. The van der Waals surface area contributed by atoms with E-state index >= 15 is 0 Å². The van der Waals surface area contributed by atoms with Gasteiger partial charge in [-0.05, 0) is 63.5 Å². The van der Waals surface area contributed by atoms with Crippen LogP contribution in [0.15, 0.2) is 47.4 Å². The van der Waals surface area contributed by atoms with Gasteiger partial charge in [0.2, 0.25) is 0 Å². The summed E-state index contributed by atoms with van der Waals surface area (Å²) < 4.78 is 11.5. The molecule has 1 unspecified atom stereocenters. The molecule has 0 spiro atoms. The molecule has 1 N–H and O–H groups in total. The monoisotopic (exact) mass is 504 g/mol. The van der Waals surface area contributed by atoms with Gasteiger partial charge in [-0.2, -0.15) is 0 Å². The molecule has 0 aliphatic carbocycles. The molecule has 1 saturated heterocycles. The smallest absolute Gasteiger partial charge is 0.157 e. The van der Waals surface area contributed by atoms with Gasteiger partial charge in [-0.25, -0.2) is 0 Å². The number of benzene rings is 1. The second kappa shape index (κ2) is 21.3. The minimum Gasteiger partial charge on any atom is -0.392 e. The highest BCUT2D eigenvalue weighted by Gasteiger charge is 2.18. The average Bonchev–Trinajstić information content (AvgIpc) is 2.89. The molecule has 1 heterocycles. The van der Waals surface area contributed by atoms with Crippen molar-refractivity contribution in [2.75, 3.05) is 13.2 Å². The van der Waals surface area contributed by atoms with Crippen molar-refractivity contribution in [1.29, 1.82) is 0 Å². The maximum absolute atomic E-state index is 11.0. The molecule has 0 amide bonds. The van der Waals surface area contributed by atoms with Gasteiger partial charge >= 0.3 is 0 Å². The fourth-order valence-corrected chi connectivity index (χ4v) is 5.67. The predicted molar refractivity (Wildman–Crippen MR) is 151 cm³/mol. The van der Waals surface area contributed by atoms with E-state index in [9.17, 15) is 5.11 Å². The summed E-state index contributed by atoms with van der Waals surface area (Å²) in [7, 11) is 0. The number of hydrogen-bond acceptors (Lipinski definition) is 4. The fourth-order valence-electron chi connectivity index (χ4n) is 4.56. The Hall–Kier alpha value is -0.810. The van der Waals surface area contributed by atoms with Crippen molar-refractivity contribution >= 4 is 11.8 Å². The average molecular weight is 505 g/mol. The molecule has 0 bridgehead atoms. The molecular formula is C31H52O3S. The molecule has 0 radical (unpaired) electrons. The molecule has 3 atom stereocenters. The van der Waals surface area contributed by atoms with Crippen molar-refractivity contribution in [3.8, 4) is 0 Å². The summed E-state index contributed by atoms with van der Waals surface area (Å²) in [6.07, 6.45) is 25.2. The molecule has 2 rings (SSSR count). The zero-order chi connectivity index (χ0) is 24.8. The Kier molecular flexibility index (Phi) is 18.5. The molecule has 200 valence electrons. The van der Waals surface area contributed by atoms with Gasteiger partial charge in [0.05, 0.1) is 11.4 Å². The van der Waals surface area contributed by atoms with Crippen molar-refractivity contribution in [2.24, 2.45) is 0 Å². The molecule has 4 heteroatoms. The Morgan fingerprint density at radius 2 is 1.66 bits per heavy atom. The van der Waals surface area contributed by atoms with E-state index in [0.717, 1.165) is 51.7 Å². The lowest BCUT2D eigenvalue weighted by Gasteiger charge is -2.23. The van der Waals surface area contributed by atoms with Crippen molar-refractivity contribution in [1.82, 2.24) is 0 Å². The van der Waals surface area contributed by atoms with E-state index in [-0.39, 0.29) is 17.6 Å². The number of unbranched alkanes of at least 4 members (excludes halogenated alkanes) is 11. The number of aliphatic hydroxyl groups is 1. The Morgan fingerprint density at radius 1 is 0.943 bits per heavy atom. The largest absolute Gasteiger partial charge is 0.392 e. The Balaban J connectivity index is 1.62. The zero-order valence-corrected chi connectivity index (χ0v) is 23.2.